The molecule has 1 N–H and O–H groups in total. The third kappa shape index (κ3) is 2.86. The van der Waals surface area contributed by atoms with Crippen LogP contribution in [0, 0.1) is 13.8 Å². The van der Waals surface area contributed by atoms with Gasteiger partial charge in [0.05, 0.1) is 16.2 Å². The predicted octanol–water partition coefficient (Wildman–Crippen LogP) is 3.43. The van der Waals surface area contributed by atoms with Crippen LogP contribution in [0.25, 0.3) is 0 Å². The highest BCUT2D eigenvalue weighted by molar-refractivity contribution is 7.13. The molecule has 1 aliphatic rings. The maximum atomic E-state index is 12.3. The molecule has 0 bridgehead atoms. The monoisotopic (exact) mass is 286 g/mol. The second-order valence-electron chi connectivity index (χ2n) is 5.08. The van der Waals surface area contributed by atoms with E-state index in [1.54, 1.807) is 0 Å². The first-order valence-corrected chi connectivity index (χ1v) is 7.74. The van der Waals surface area contributed by atoms with Gasteiger partial charge in [-0.3, -0.25) is 4.79 Å². The number of thiazole rings is 1. The van der Waals surface area contributed by atoms with Crippen molar-refractivity contribution in [3.05, 3.63) is 15.6 Å². The molecule has 0 radical (unpaired) electrons. The molecular weight excluding hydrogens is 268 g/mol. The zero-order chi connectivity index (χ0) is 13.2. The second kappa shape index (κ2) is 5.57. The van der Waals surface area contributed by atoms with Gasteiger partial charge in [-0.2, -0.15) is 0 Å². The van der Waals surface area contributed by atoms with Crippen LogP contribution in [0.3, 0.4) is 0 Å². The third-order valence-electron chi connectivity index (χ3n) is 3.55. The number of halogens is 1. The number of alkyl halides is 1. The molecule has 0 spiro atoms. The Kier molecular flexibility index (Phi) is 4.28. The Morgan fingerprint density at radius 3 is 2.56 bits per heavy atom. The third-order valence-corrected chi connectivity index (χ3v) is 5.14. The van der Waals surface area contributed by atoms with E-state index in [1.807, 2.05) is 13.8 Å². The van der Waals surface area contributed by atoms with Crippen molar-refractivity contribution in [2.45, 2.75) is 51.5 Å². The summed E-state index contributed by atoms with van der Waals surface area (Å²) in [6, 6.07) is 0. The zero-order valence-electron chi connectivity index (χ0n) is 10.9. The first-order valence-electron chi connectivity index (χ1n) is 6.39. The first kappa shape index (κ1) is 13.8. The molecule has 1 amide bonds. The van der Waals surface area contributed by atoms with E-state index in [2.05, 4.69) is 10.3 Å². The molecule has 1 fully saturated rings. The summed E-state index contributed by atoms with van der Waals surface area (Å²) in [6.45, 7) is 3.80. The Balaban J connectivity index is 2.12. The topological polar surface area (TPSA) is 42.0 Å². The van der Waals surface area contributed by atoms with Crippen molar-refractivity contribution in [3.63, 3.8) is 0 Å². The molecule has 100 valence electrons. The summed E-state index contributed by atoms with van der Waals surface area (Å²) in [7, 11) is 0. The minimum atomic E-state index is -0.207. The van der Waals surface area contributed by atoms with Gasteiger partial charge in [0.25, 0.3) is 5.91 Å². The quantitative estimate of drug-likeness (QED) is 0.865. The van der Waals surface area contributed by atoms with Crippen LogP contribution in [-0.2, 0) is 0 Å². The highest BCUT2D eigenvalue weighted by Crippen LogP contribution is 2.30. The van der Waals surface area contributed by atoms with Gasteiger partial charge in [-0.25, -0.2) is 4.98 Å². The molecule has 18 heavy (non-hydrogen) atoms. The van der Waals surface area contributed by atoms with E-state index in [9.17, 15) is 4.79 Å². The fourth-order valence-corrected chi connectivity index (χ4v) is 3.71. The summed E-state index contributed by atoms with van der Waals surface area (Å²) in [4.78, 5) is 17.3. The number of hydrogen-bond donors (Lipinski definition) is 1. The molecule has 1 aliphatic carbocycles. The number of aromatic nitrogens is 1. The summed E-state index contributed by atoms with van der Waals surface area (Å²) in [6.07, 6.45) is 5.51. The summed E-state index contributed by atoms with van der Waals surface area (Å²) in [5.74, 6) is 0.482. The Bertz CT molecular complexity index is 438. The number of carbonyl (C=O) groups excluding carboxylic acids is 1. The molecule has 0 atom stereocenters. The molecule has 0 saturated heterocycles. The average molecular weight is 287 g/mol. The minimum Gasteiger partial charge on any atom is -0.345 e. The van der Waals surface area contributed by atoms with Crippen LogP contribution < -0.4 is 5.32 Å². The van der Waals surface area contributed by atoms with Crippen LogP contribution >= 0.6 is 22.9 Å². The van der Waals surface area contributed by atoms with E-state index in [4.69, 9.17) is 11.6 Å². The lowest BCUT2D eigenvalue weighted by Crippen LogP contribution is -2.51. The molecule has 1 aromatic rings. The number of carbonyl (C=O) groups is 1. The van der Waals surface area contributed by atoms with E-state index < -0.39 is 0 Å². The van der Waals surface area contributed by atoms with Crippen molar-refractivity contribution in [2.75, 3.05) is 5.88 Å². The molecule has 5 heteroatoms. The van der Waals surface area contributed by atoms with Gasteiger partial charge in [-0.1, -0.05) is 19.3 Å². The van der Waals surface area contributed by atoms with Crippen LogP contribution in [-0.4, -0.2) is 22.3 Å². The number of amides is 1. The maximum Gasteiger partial charge on any atom is 0.263 e. The summed E-state index contributed by atoms with van der Waals surface area (Å²) >= 11 is 7.54. The number of rotatable bonds is 3. The van der Waals surface area contributed by atoms with Gasteiger partial charge in [0.15, 0.2) is 0 Å². The van der Waals surface area contributed by atoms with Gasteiger partial charge in [-0.05, 0) is 26.7 Å². The first-order chi connectivity index (χ1) is 8.56. The van der Waals surface area contributed by atoms with Crippen LogP contribution in [0.1, 0.15) is 52.5 Å². The van der Waals surface area contributed by atoms with Gasteiger partial charge in [0, 0.05) is 5.88 Å². The maximum absolute atomic E-state index is 12.3. The largest absolute Gasteiger partial charge is 0.345 e. The molecule has 0 unspecified atom stereocenters. The summed E-state index contributed by atoms with van der Waals surface area (Å²) < 4.78 is 0. The van der Waals surface area contributed by atoms with Crippen molar-refractivity contribution in [1.29, 1.82) is 0 Å². The van der Waals surface area contributed by atoms with E-state index in [-0.39, 0.29) is 11.4 Å². The van der Waals surface area contributed by atoms with Crippen LogP contribution in [0.15, 0.2) is 0 Å². The van der Waals surface area contributed by atoms with Crippen molar-refractivity contribution in [3.8, 4) is 0 Å². The van der Waals surface area contributed by atoms with E-state index in [1.165, 1.54) is 17.8 Å². The zero-order valence-corrected chi connectivity index (χ0v) is 12.5. The van der Waals surface area contributed by atoms with E-state index in [0.717, 1.165) is 41.3 Å². The lowest BCUT2D eigenvalue weighted by atomic mass is 9.83. The fourth-order valence-electron chi connectivity index (χ4n) is 2.56. The molecule has 2 rings (SSSR count). The predicted molar refractivity (Wildman–Crippen MR) is 75.6 cm³/mol. The number of nitrogens with zero attached hydrogens (tertiary/aromatic N) is 1. The molecule has 1 saturated carbocycles. The Morgan fingerprint density at radius 1 is 1.39 bits per heavy atom. The van der Waals surface area contributed by atoms with Crippen LogP contribution in [0.4, 0.5) is 0 Å². The van der Waals surface area contributed by atoms with Crippen molar-refractivity contribution in [2.24, 2.45) is 0 Å². The Hall–Kier alpha value is -0.610. The molecule has 3 nitrogen and oxygen atoms in total. The minimum absolute atomic E-state index is 0.0133. The van der Waals surface area contributed by atoms with Crippen molar-refractivity contribution < 1.29 is 4.79 Å². The SMILES string of the molecule is Cc1nc(C)c(C(=O)NC2(CCl)CCCCC2)s1. The van der Waals surface area contributed by atoms with Gasteiger partial charge >= 0.3 is 0 Å². The lowest BCUT2D eigenvalue weighted by molar-refractivity contribution is 0.0888. The number of nitrogens with one attached hydrogen (secondary N) is 1. The van der Waals surface area contributed by atoms with E-state index >= 15 is 0 Å². The van der Waals surface area contributed by atoms with E-state index in [0.29, 0.717) is 5.88 Å². The average Bonchev–Trinajstić information content (AvgIpc) is 2.70. The molecule has 1 aromatic heterocycles. The highest BCUT2D eigenvalue weighted by atomic mass is 35.5. The smallest absolute Gasteiger partial charge is 0.263 e. The number of hydrogen-bond acceptors (Lipinski definition) is 3. The van der Waals surface area contributed by atoms with Gasteiger partial charge in [0.2, 0.25) is 0 Å². The lowest BCUT2D eigenvalue weighted by Gasteiger charge is -2.36. The van der Waals surface area contributed by atoms with Crippen molar-refractivity contribution in [1.82, 2.24) is 10.3 Å². The van der Waals surface area contributed by atoms with Crippen molar-refractivity contribution >= 4 is 28.8 Å². The molecule has 0 aliphatic heterocycles. The summed E-state index contributed by atoms with van der Waals surface area (Å²) in [5.41, 5.74) is 0.608. The Morgan fingerprint density at radius 2 is 2.06 bits per heavy atom. The fraction of sp³-hybridized carbons (Fsp3) is 0.692. The summed E-state index contributed by atoms with van der Waals surface area (Å²) in [5, 5.41) is 4.08. The second-order valence-corrected chi connectivity index (χ2v) is 6.55. The Labute approximate surface area is 117 Å². The highest BCUT2D eigenvalue weighted by Gasteiger charge is 2.33. The van der Waals surface area contributed by atoms with Gasteiger partial charge in [0.1, 0.15) is 4.88 Å². The van der Waals surface area contributed by atoms with Gasteiger partial charge in [-0.15, -0.1) is 22.9 Å². The normalized spacial score (nSPS) is 18.6. The van der Waals surface area contributed by atoms with Crippen LogP contribution in [0.2, 0.25) is 0 Å². The van der Waals surface area contributed by atoms with Crippen LogP contribution in [0.5, 0.6) is 0 Å². The standard InChI is InChI=1S/C13H19ClN2OS/c1-9-11(18-10(2)15-9)12(17)16-13(8-14)6-4-3-5-7-13/h3-8H2,1-2H3,(H,16,17). The molecular formula is C13H19ClN2OS. The molecule has 1 heterocycles. The number of aryl methyl sites for hydroxylation is 2. The molecule has 0 aromatic carbocycles. The van der Waals surface area contributed by atoms with Gasteiger partial charge < -0.3 is 5.32 Å².